The minimum Gasteiger partial charge on any atom is -0.457 e. The number of ether oxygens (including phenoxy) is 1. The summed E-state index contributed by atoms with van der Waals surface area (Å²) in [6.45, 7) is 3.64. The quantitative estimate of drug-likeness (QED) is 0.578. The molecule has 4 amide bonds. The monoisotopic (exact) mass is 477 g/mol. The van der Waals surface area contributed by atoms with Crippen LogP contribution in [0.3, 0.4) is 0 Å². The predicted molar refractivity (Wildman–Crippen MR) is 132 cm³/mol. The van der Waals surface area contributed by atoms with E-state index in [4.69, 9.17) is 4.74 Å². The predicted octanol–water partition coefficient (Wildman–Crippen LogP) is 2.34. The average molecular weight is 478 g/mol. The lowest BCUT2D eigenvalue weighted by Crippen LogP contribution is -2.47. The molecule has 0 aromatic heterocycles. The van der Waals surface area contributed by atoms with Crippen molar-refractivity contribution < 1.29 is 19.1 Å². The molecule has 0 saturated carbocycles. The van der Waals surface area contributed by atoms with Crippen molar-refractivity contribution in [1.82, 2.24) is 25.3 Å². The molecule has 2 aromatic rings. The van der Waals surface area contributed by atoms with Gasteiger partial charge in [-0.3, -0.25) is 14.5 Å². The fourth-order valence-corrected chi connectivity index (χ4v) is 4.29. The molecule has 9 heteroatoms. The van der Waals surface area contributed by atoms with Gasteiger partial charge in [-0.15, -0.1) is 0 Å². The Morgan fingerprint density at radius 1 is 1.11 bits per heavy atom. The van der Waals surface area contributed by atoms with Crippen molar-refractivity contribution in [3.05, 3.63) is 71.4 Å². The van der Waals surface area contributed by atoms with Crippen LogP contribution in [0.25, 0.3) is 0 Å². The van der Waals surface area contributed by atoms with Crippen LogP contribution in [0, 0.1) is 0 Å². The Labute approximate surface area is 205 Å². The molecule has 0 radical (unpaired) electrons. The van der Waals surface area contributed by atoms with Crippen molar-refractivity contribution in [2.75, 3.05) is 46.8 Å². The molecule has 2 aromatic carbocycles. The summed E-state index contributed by atoms with van der Waals surface area (Å²) in [5.41, 5.74) is 1.87. The van der Waals surface area contributed by atoms with Gasteiger partial charge < -0.3 is 25.2 Å². The lowest BCUT2D eigenvalue weighted by molar-refractivity contribution is -0.131. The topological polar surface area (TPSA) is 94.2 Å². The average Bonchev–Trinajstić information content (AvgIpc) is 3.14. The third-order valence-corrected chi connectivity index (χ3v) is 6.00. The van der Waals surface area contributed by atoms with Crippen LogP contribution < -0.4 is 15.4 Å². The third-order valence-electron chi connectivity index (χ3n) is 6.00. The van der Waals surface area contributed by atoms with Crippen LogP contribution >= 0.6 is 0 Å². The molecule has 0 bridgehead atoms. The Morgan fingerprint density at radius 3 is 2.57 bits per heavy atom. The molecule has 2 aliphatic rings. The molecule has 2 aliphatic heterocycles. The van der Waals surface area contributed by atoms with E-state index >= 15 is 0 Å². The van der Waals surface area contributed by atoms with Crippen LogP contribution in [-0.2, 0) is 9.59 Å². The first-order valence-corrected chi connectivity index (χ1v) is 11.7. The highest BCUT2D eigenvalue weighted by Gasteiger charge is 2.44. The van der Waals surface area contributed by atoms with Gasteiger partial charge in [-0.25, -0.2) is 4.79 Å². The molecule has 184 valence electrons. The van der Waals surface area contributed by atoms with Gasteiger partial charge in [0.25, 0.3) is 5.91 Å². The van der Waals surface area contributed by atoms with Gasteiger partial charge in [0.2, 0.25) is 5.91 Å². The summed E-state index contributed by atoms with van der Waals surface area (Å²) in [6.07, 6.45) is 0. The van der Waals surface area contributed by atoms with E-state index in [9.17, 15) is 14.4 Å². The minimum absolute atomic E-state index is 0.0606. The second-order valence-electron chi connectivity index (χ2n) is 8.79. The minimum atomic E-state index is -0.631. The Hall–Kier alpha value is -3.85. The maximum Gasteiger partial charge on any atom is 0.322 e. The Kier molecular flexibility index (Phi) is 7.36. The second kappa shape index (κ2) is 10.6. The maximum atomic E-state index is 13.5. The van der Waals surface area contributed by atoms with Crippen molar-refractivity contribution in [2.45, 2.75) is 13.0 Å². The smallest absolute Gasteiger partial charge is 0.322 e. The summed E-state index contributed by atoms with van der Waals surface area (Å²) < 4.78 is 5.95. The van der Waals surface area contributed by atoms with E-state index < -0.39 is 6.04 Å². The molecule has 0 fully saturated rings. The number of benzene rings is 2. The number of amides is 4. The molecule has 2 N–H and O–H groups in total. The van der Waals surface area contributed by atoms with Crippen LogP contribution in [0.15, 0.2) is 65.9 Å². The van der Waals surface area contributed by atoms with Gasteiger partial charge in [0.05, 0.1) is 23.9 Å². The fourth-order valence-electron chi connectivity index (χ4n) is 4.29. The van der Waals surface area contributed by atoms with Crippen molar-refractivity contribution in [3.8, 4) is 11.5 Å². The lowest BCUT2D eigenvalue weighted by Gasteiger charge is -2.33. The summed E-state index contributed by atoms with van der Waals surface area (Å²) in [5.74, 6) is 0.821. The number of carbonyl (C=O) groups is 3. The number of para-hydroxylation sites is 1. The number of urea groups is 1. The zero-order valence-corrected chi connectivity index (χ0v) is 20.3. The molecule has 1 atom stereocenters. The number of rotatable bonds is 9. The van der Waals surface area contributed by atoms with Gasteiger partial charge >= 0.3 is 6.03 Å². The van der Waals surface area contributed by atoms with Gasteiger partial charge in [0, 0.05) is 19.6 Å². The van der Waals surface area contributed by atoms with Crippen molar-refractivity contribution in [1.29, 1.82) is 0 Å². The summed E-state index contributed by atoms with van der Waals surface area (Å²) in [5, 5.41) is 5.81. The van der Waals surface area contributed by atoms with E-state index in [1.54, 1.807) is 4.90 Å². The lowest BCUT2D eigenvalue weighted by atomic mass is 9.95. The largest absolute Gasteiger partial charge is 0.457 e. The number of nitrogens with one attached hydrogen (secondary N) is 2. The highest BCUT2D eigenvalue weighted by molar-refractivity contribution is 6.03. The number of nitrogens with zero attached hydrogens (tertiary/aromatic N) is 3. The van der Waals surface area contributed by atoms with Crippen LogP contribution in [-0.4, -0.2) is 79.4 Å². The van der Waals surface area contributed by atoms with Crippen molar-refractivity contribution in [3.63, 3.8) is 0 Å². The van der Waals surface area contributed by atoms with E-state index in [0.29, 0.717) is 42.4 Å². The number of hydrogen-bond donors (Lipinski definition) is 2. The molecule has 0 unspecified atom stereocenters. The van der Waals surface area contributed by atoms with Crippen LogP contribution in [0.2, 0.25) is 0 Å². The standard InChI is InChI=1S/C26H31N5O4/c1-4-31-21-16-30(17-22(32)27-13-14-29(2)3)25(33)23(21)24(28-26(31)34)18-9-8-12-20(15-18)35-19-10-6-5-7-11-19/h5-12,15,24H,4,13-14,16-17H2,1-3H3,(H,27,32)(H,28,34)/t24-/m0/s1. The summed E-state index contributed by atoms with van der Waals surface area (Å²) >= 11 is 0. The zero-order valence-electron chi connectivity index (χ0n) is 20.3. The van der Waals surface area contributed by atoms with Gasteiger partial charge in [-0.1, -0.05) is 30.3 Å². The Balaban J connectivity index is 1.56. The fraction of sp³-hybridized carbons (Fsp3) is 0.346. The number of carbonyl (C=O) groups excluding carboxylic acids is 3. The molecule has 0 aliphatic carbocycles. The van der Waals surface area contributed by atoms with Gasteiger partial charge in [-0.05, 0) is 50.8 Å². The molecule has 4 rings (SSSR count). The molecule has 9 nitrogen and oxygen atoms in total. The van der Waals surface area contributed by atoms with E-state index in [-0.39, 0.29) is 30.9 Å². The highest BCUT2D eigenvalue weighted by Crippen LogP contribution is 2.37. The van der Waals surface area contributed by atoms with Crippen molar-refractivity contribution in [2.24, 2.45) is 0 Å². The van der Waals surface area contributed by atoms with Gasteiger partial charge in [0.15, 0.2) is 0 Å². The van der Waals surface area contributed by atoms with Crippen LogP contribution in [0.5, 0.6) is 11.5 Å². The summed E-state index contributed by atoms with van der Waals surface area (Å²) in [7, 11) is 3.86. The van der Waals surface area contributed by atoms with Crippen molar-refractivity contribution >= 4 is 17.8 Å². The molecule has 0 saturated heterocycles. The first-order chi connectivity index (χ1) is 16.9. The van der Waals surface area contributed by atoms with Gasteiger partial charge in [-0.2, -0.15) is 0 Å². The Bertz CT molecular complexity index is 1130. The second-order valence-corrected chi connectivity index (χ2v) is 8.79. The van der Waals surface area contributed by atoms with E-state index in [1.165, 1.54) is 4.90 Å². The summed E-state index contributed by atoms with van der Waals surface area (Å²) in [6, 6.07) is 15.9. The van der Waals surface area contributed by atoms with Crippen LogP contribution in [0.1, 0.15) is 18.5 Å². The number of hydrogen-bond acceptors (Lipinski definition) is 5. The number of likely N-dealkylation sites (N-methyl/N-ethyl adjacent to an activating group) is 2. The van der Waals surface area contributed by atoms with Gasteiger partial charge in [0.1, 0.15) is 18.0 Å². The Morgan fingerprint density at radius 2 is 1.86 bits per heavy atom. The summed E-state index contributed by atoms with van der Waals surface area (Å²) in [4.78, 5) is 43.9. The first-order valence-electron chi connectivity index (χ1n) is 11.7. The SMILES string of the molecule is CCN1C(=O)N[C@@H](c2cccc(Oc3ccccc3)c2)C2=C1CN(CC(=O)NCCN(C)C)C2=O. The molecule has 35 heavy (non-hydrogen) atoms. The maximum absolute atomic E-state index is 13.5. The van der Waals surface area contributed by atoms with E-state index in [1.807, 2.05) is 80.5 Å². The first kappa shape index (κ1) is 24.3. The normalized spacial score (nSPS) is 17.5. The highest BCUT2D eigenvalue weighted by atomic mass is 16.5. The molecule has 0 spiro atoms. The molecular formula is C26H31N5O4. The van der Waals surface area contributed by atoms with E-state index in [0.717, 1.165) is 5.56 Å². The molecule has 2 heterocycles. The van der Waals surface area contributed by atoms with E-state index in [2.05, 4.69) is 10.6 Å². The zero-order chi connectivity index (χ0) is 24.9. The third kappa shape index (κ3) is 5.46. The van der Waals surface area contributed by atoms with Crippen LogP contribution in [0.4, 0.5) is 4.79 Å². The molecular weight excluding hydrogens is 446 g/mol.